The van der Waals surface area contributed by atoms with Crippen LogP contribution in [0.15, 0.2) is 0 Å². The van der Waals surface area contributed by atoms with E-state index >= 15 is 0 Å². The van der Waals surface area contributed by atoms with Gasteiger partial charge in [0.05, 0.1) is 5.92 Å². The molecule has 3 atom stereocenters. The third-order valence-electron chi connectivity index (χ3n) is 3.09. The van der Waals surface area contributed by atoms with Crippen molar-refractivity contribution in [1.29, 1.82) is 0 Å². The summed E-state index contributed by atoms with van der Waals surface area (Å²) in [5, 5.41) is 36.0. The van der Waals surface area contributed by atoms with Gasteiger partial charge in [0.15, 0.2) is 0 Å². The minimum absolute atomic E-state index is 0.111. The summed E-state index contributed by atoms with van der Waals surface area (Å²) in [4.78, 5) is 10.4. The second-order valence-corrected chi connectivity index (χ2v) is 4.74. The molecule has 0 saturated heterocycles. The van der Waals surface area contributed by atoms with Crippen LogP contribution in [-0.2, 0) is 4.79 Å². The Balaban J connectivity index is 0. The second kappa shape index (κ2) is 13.3. The van der Waals surface area contributed by atoms with E-state index in [4.69, 9.17) is 20.5 Å². The van der Waals surface area contributed by atoms with E-state index in [0.29, 0.717) is 17.9 Å². The van der Waals surface area contributed by atoms with Crippen LogP contribution >= 0.6 is 0 Å². The van der Waals surface area contributed by atoms with Gasteiger partial charge in [-0.25, -0.2) is 0 Å². The molecule has 0 aliphatic rings. The topological polar surface area (TPSA) is 101 Å². The Hall–Kier alpha value is -0.690. The van der Waals surface area contributed by atoms with Crippen LogP contribution in [0.25, 0.3) is 0 Å². The van der Waals surface area contributed by atoms with Crippen molar-refractivity contribution in [3.8, 4) is 0 Å². The van der Waals surface area contributed by atoms with E-state index in [1.807, 2.05) is 6.92 Å². The smallest absolute Gasteiger partial charge is 0.306 e. The molecule has 0 aromatic heterocycles. The molecule has 6 heteroatoms. The van der Waals surface area contributed by atoms with Crippen molar-refractivity contribution >= 4 is 5.97 Å². The summed E-state index contributed by atoms with van der Waals surface area (Å²) < 4.78 is 0. The van der Waals surface area contributed by atoms with E-state index in [1.165, 1.54) is 0 Å². The van der Waals surface area contributed by atoms with Gasteiger partial charge in [-0.1, -0.05) is 40.5 Å². The number of aliphatic hydroxyl groups excluding tert-OH is 2. The number of carboxylic acids is 1. The van der Waals surface area contributed by atoms with Gasteiger partial charge in [0.25, 0.3) is 0 Å². The quantitative estimate of drug-likeness (QED) is 0.385. The molecule has 0 aromatic carbocycles. The number of carboxylic acid groups (broad SMARTS) is 1. The number of hydroxylamine groups is 2. The minimum Gasteiger partial charge on any atom is -0.481 e. The average molecular weight is 293 g/mol. The molecule has 3 unspecified atom stereocenters. The van der Waals surface area contributed by atoms with Crippen LogP contribution in [0.3, 0.4) is 0 Å². The SMILES string of the molecule is CCC(O)N(O)C(O)CC.CCCCC(CC)C(=O)O. The van der Waals surface area contributed by atoms with Crippen molar-refractivity contribution < 1.29 is 25.3 Å². The lowest BCUT2D eigenvalue weighted by Crippen LogP contribution is -2.39. The van der Waals surface area contributed by atoms with Gasteiger partial charge in [-0.2, -0.15) is 0 Å². The van der Waals surface area contributed by atoms with Gasteiger partial charge in [-0.15, -0.1) is 5.06 Å². The van der Waals surface area contributed by atoms with Crippen molar-refractivity contribution in [3.05, 3.63) is 0 Å². The predicted octanol–water partition coefficient (Wildman–Crippen LogP) is 2.42. The molecule has 0 amide bonds. The Morgan fingerprint density at radius 2 is 1.45 bits per heavy atom. The lowest BCUT2D eigenvalue weighted by molar-refractivity contribution is -0.269. The number of hydrogen-bond acceptors (Lipinski definition) is 5. The summed E-state index contributed by atoms with van der Waals surface area (Å²) in [6.07, 6.45) is 2.58. The molecule has 0 aromatic rings. The van der Waals surface area contributed by atoms with Gasteiger partial charge in [0, 0.05) is 0 Å². The molecule has 0 aliphatic carbocycles. The molecule has 0 saturated carbocycles. The highest BCUT2D eigenvalue weighted by Gasteiger charge is 2.17. The molecular formula is C14H31NO5. The molecule has 0 radical (unpaired) electrons. The number of unbranched alkanes of at least 4 members (excludes halogenated alkanes) is 1. The Kier molecular flexibility index (Phi) is 14.4. The monoisotopic (exact) mass is 293 g/mol. The summed E-state index contributed by atoms with van der Waals surface area (Å²) in [5.41, 5.74) is 0. The van der Waals surface area contributed by atoms with Crippen LogP contribution in [0.4, 0.5) is 0 Å². The standard InChI is InChI=1S/C8H16O2.C6H15NO3/c1-3-5-6-7(4-2)8(9)10;1-3-5(8)7(10)6(9)4-2/h7H,3-6H2,1-2H3,(H,9,10);5-6,8-10H,3-4H2,1-2H3. The Morgan fingerprint density at radius 3 is 1.70 bits per heavy atom. The fraction of sp³-hybridized carbons (Fsp3) is 0.929. The molecule has 0 bridgehead atoms. The Bertz CT molecular complexity index is 228. The van der Waals surface area contributed by atoms with Crippen LogP contribution in [-0.4, -0.2) is 44.0 Å². The zero-order valence-electron chi connectivity index (χ0n) is 13.1. The first-order valence-corrected chi connectivity index (χ1v) is 7.41. The summed E-state index contributed by atoms with van der Waals surface area (Å²) in [6, 6.07) is 0. The summed E-state index contributed by atoms with van der Waals surface area (Å²) in [5.74, 6) is -0.754. The van der Waals surface area contributed by atoms with Crippen molar-refractivity contribution in [2.75, 3.05) is 0 Å². The lowest BCUT2D eigenvalue weighted by atomic mass is 10.00. The number of nitrogens with zero attached hydrogens (tertiary/aromatic N) is 1. The van der Waals surface area contributed by atoms with E-state index in [0.717, 1.165) is 25.7 Å². The highest BCUT2D eigenvalue weighted by atomic mass is 16.6. The molecule has 6 nitrogen and oxygen atoms in total. The maximum atomic E-state index is 10.4. The molecule has 0 aliphatic heterocycles. The number of hydrogen-bond donors (Lipinski definition) is 4. The Labute approximate surface area is 122 Å². The fourth-order valence-electron chi connectivity index (χ4n) is 1.53. The van der Waals surface area contributed by atoms with Crippen LogP contribution in [0.5, 0.6) is 0 Å². The highest BCUT2D eigenvalue weighted by molar-refractivity contribution is 5.69. The summed E-state index contributed by atoms with van der Waals surface area (Å²) in [7, 11) is 0. The minimum atomic E-state index is -0.963. The maximum absolute atomic E-state index is 10.4. The number of aliphatic carboxylic acids is 1. The number of aliphatic hydroxyl groups is 2. The maximum Gasteiger partial charge on any atom is 0.306 e. The van der Waals surface area contributed by atoms with Crippen LogP contribution in [0, 0.1) is 5.92 Å². The van der Waals surface area contributed by atoms with Crippen molar-refractivity contribution in [1.82, 2.24) is 5.06 Å². The van der Waals surface area contributed by atoms with Crippen LogP contribution < -0.4 is 0 Å². The third-order valence-corrected chi connectivity index (χ3v) is 3.09. The van der Waals surface area contributed by atoms with Gasteiger partial charge in [0.2, 0.25) is 0 Å². The fourth-order valence-corrected chi connectivity index (χ4v) is 1.53. The van der Waals surface area contributed by atoms with E-state index in [1.54, 1.807) is 13.8 Å². The molecule has 20 heavy (non-hydrogen) atoms. The lowest BCUT2D eigenvalue weighted by Gasteiger charge is -2.24. The van der Waals surface area contributed by atoms with Crippen molar-refractivity contribution in [2.24, 2.45) is 5.92 Å². The van der Waals surface area contributed by atoms with Crippen molar-refractivity contribution in [2.45, 2.75) is 78.7 Å². The summed E-state index contributed by atoms with van der Waals surface area (Å²) >= 11 is 0. The van der Waals surface area contributed by atoms with E-state index in [9.17, 15) is 4.79 Å². The van der Waals surface area contributed by atoms with Gasteiger partial charge >= 0.3 is 5.97 Å². The molecule has 0 heterocycles. The van der Waals surface area contributed by atoms with E-state index in [2.05, 4.69) is 6.92 Å². The van der Waals surface area contributed by atoms with E-state index < -0.39 is 18.4 Å². The predicted molar refractivity (Wildman–Crippen MR) is 77.2 cm³/mol. The molecule has 4 N–H and O–H groups in total. The number of carbonyl (C=O) groups is 1. The van der Waals surface area contributed by atoms with Crippen LogP contribution in [0.1, 0.15) is 66.2 Å². The van der Waals surface area contributed by atoms with Gasteiger partial charge in [-0.05, 0) is 25.7 Å². The third kappa shape index (κ3) is 10.1. The largest absolute Gasteiger partial charge is 0.481 e. The zero-order valence-corrected chi connectivity index (χ0v) is 13.1. The number of rotatable bonds is 9. The van der Waals surface area contributed by atoms with E-state index in [-0.39, 0.29) is 5.92 Å². The first-order chi connectivity index (χ1) is 9.35. The molecular weight excluding hydrogens is 262 g/mol. The van der Waals surface area contributed by atoms with Crippen LogP contribution in [0.2, 0.25) is 0 Å². The highest BCUT2D eigenvalue weighted by Crippen LogP contribution is 2.11. The van der Waals surface area contributed by atoms with Gasteiger partial charge in [0.1, 0.15) is 12.5 Å². The first-order valence-electron chi connectivity index (χ1n) is 7.41. The average Bonchev–Trinajstić information content (AvgIpc) is 2.45. The van der Waals surface area contributed by atoms with Gasteiger partial charge < -0.3 is 20.5 Å². The first kappa shape index (κ1) is 21.6. The Morgan fingerprint density at radius 1 is 1.00 bits per heavy atom. The molecule has 0 spiro atoms. The summed E-state index contributed by atoms with van der Waals surface area (Å²) in [6.45, 7) is 7.44. The molecule has 0 fully saturated rings. The van der Waals surface area contributed by atoms with Crippen molar-refractivity contribution in [3.63, 3.8) is 0 Å². The van der Waals surface area contributed by atoms with Gasteiger partial charge in [-0.3, -0.25) is 4.79 Å². The molecule has 122 valence electrons. The zero-order chi connectivity index (χ0) is 16.1. The normalized spacial score (nSPS) is 15.2. The second-order valence-electron chi connectivity index (χ2n) is 4.74. The molecule has 0 rings (SSSR count).